The summed E-state index contributed by atoms with van der Waals surface area (Å²) < 4.78 is 1.03. The molecule has 0 fully saturated rings. The summed E-state index contributed by atoms with van der Waals surface area (Å²) >= 11 is 6.41. The number of nitrogens with one attached hydrogen (secondary N) is 1. The molecule has 2 rings (SSSR count). The Balaban J connectivity index is 2.02. The van der Waals surface area contributed by atoms with Gasteiger partial charge in [-0.2, -0.15) is 21.5 Å². The number of nitrogens with two attached hydrogens (primary N) is 1. The van der Waals surface area contributed by atoms with Gasteiger partial charge in [0.2, 0.25) is 4.77 Å². The highest BCUT2D eigenvalue weighted by molar-refractivity contribution is 7.97. The summed E-state index contributed by atoms with van der Waals surface area (Å²) in [4.78, 5) is 11.7. The van der Waals surface area contributed by atoms with Crippen molar-refractivity contribution < 1.29 is 0 Å². The molecule has 7 heteroatoms. The lowest BCUT2D eigenvalue weighted by atomic mass is 10.2. The molecular weight excluding hydrogens is 268 g/mol. The molecule has 0 saturated heterocycles. The number of benzene rings is 1. The van der Waals surface area contributed by atoms with Crippen LogP contribution in [0.3, 0.4) is 0 Å². The zero-order chi connectivity index (χ0) is 13.0. The summed E-state index contributed by atoms with van der Waals surface area (Å²) in [5.74, 6) is 6.80. The van der Waals surface area contributed by atoms with E-state index in [-0.39, 0.29) is 10.3 Å². The Labute approximate surface area is 113 Å². The van der Waals surface area contributed by atoms with Crippen LogP contribution in [0.4, 0.5) is 0 Å². The van der Waals surface area contributed by atoms with Gasteiger partial charge >= 0.3 is 0 Å². The Kier molecular flexibility index (Phi) is 4.16. The van der Waals surface area contributed by atoms with E-state index >= 15 is 0 Å². The molecule has 0 amide bonds. The molecule has 0 unspecified atom stereocenters. The quantitative estimate of drug-likeness (QED) is 0.655. The topological polar surface area (TPSA) is 76.7 Å². The molecule has 0 bridgehead atoms. The summed E-state index contributed by atoms with van der Waals surface area (Å²) in [6.45, 7) is 0. The smallest absolute Gasteiger partial charge is 0.295 e. The molecule has 0 saturated carbocycles. The minimum Gasteiger partial charge on any atom is -0.334 e. The van der Waals surface area contributed by atoms with Gasteiger partial charge in [0, 0.05) is 11.5 Å². The van der Waals surface area contributed by atoms with Gasteiger partial charge in [-0.05, 0) is 17.8 Å². The largest absolute Gasteiger partial charge is 0.334 e. The van der Waals surface area contributed by atoms with Gasteiger partial charge in [0.15, 0.2) is 0 Å². The lowest BCUT2D eigenvalue weighted by Gasteiger charge is -2.03. The fourth-order valence-corrected chi connectivity index (χ4v) is 2.42. The first-order valence-corrected chi connectivity index (χ1v) is 6.82. The molecule has 0 aliphatic carbocycles. The van der Waals surface area contributed by atoms with Crippen molar-refractivity contribution in [1.82, 2.24) is 14.9 Å². The monoisotopic (exact) mass is 280 g/mol. The predicted molar refractivity (Wildman–Crippen MR) is 75.3 cm³/mol. The molecule has 5 nitrogen and oxygen atoms in total. The van der Waals surface area contributed by atoms with Gasteiger partial charge in [-0.1, -0.05) is 30.3 Å². The molecule has 0 aliphatic rings. The van der Waals surface area contributed by atoms with Gasteiger partial charge in [0.05, 0.1) is 0 Å². The lowest BCUT2D eigenvalue weighted by molar-refractivity contribution is 0.771. The summed E-state index contributed by atoms with van der Waals surface area (Å²) in [5, 5.41) is 6.45. The number of aromatic nitrogens is 3. The normalized spacial score (nSPS) is 10.4. The van der Waals surface area contributed by atoms with Crippen LogP contribution in [-0.4, -0.2) is 14.9 Å². The fraction of sp³-hybridized carbons (Fsp3) is 0.182. The molecule has 1 heterocycles. The van der Waals surface area contributed by atoms with Crippen molar-refractivity contribution in [3.63, 3.8) is 0 Å². The number of hydrogen-bond donors (Lipinski definition) is 2. The van der Waals surface area contributed by atoms with Crippen molar-refractivity contribution in [2.45, 2.75) is 11.5 Å². The van der Waals surface area contributed by atoms with Gasteiger partial charge in [-0.15, -0.1) is 0 Å². The summed E-state index contributed by atoms with van der Waals surface area (Å²) in [6.07, 6.45) is 0. The molecule has 94 valence electrons. The van der Waals surface area contributed by atoms with E-state index in [1.165, 1.54) is 5.56 Å². The number of thioether (sulfide) groups is 1. The zero-order valence-corrected chi connectivity index (χ0v) is 11.1. The number of nitrogen functional groups attached to an aromatic ring is 1. The minimum atomic E-state index is -0.348. The molecule has 18 heavy (non-hydrogen) atoms. The van der Waals surface area contributed by atoms with Crippen LogP contribution in [0.1, 0.15) is 11.3 Å². The van der Waals surface area contributed by atoms with Crippen molar-refractivity contribution in [3.05, 3.63) is 56.7 Å². The third-order valence-corrected chi connectivity index (χ3v) is 3.62. The Morgan fingerprint density at radius 1 is 1.33 bits per heavy atom. The number of rotatable bonds is 4. The summed E-state index contributed by atoms with van der Waals surface area (Å²) in [7, 11) is 0. The summed E-state index contributed by atoms with van der Waals surface area (Å²) in [5.41, 5.74) is 1.24. The van der Waals surface area contributed by atoms with Gasteiger partial charge in [0.25, 0.3) is 5.56 Å². The van der Waals surface area contributed by atoms with Crippen LogP contribution in [0.2, 0.25) is 0 Å². The van der Waals surface area contributed by atoms with E-state index in [0.717, 1.165) is 10.4 Å². The van der Waals surface area contributed by atoms with E-state index in [4.69, 9.17) is 18.1 Å². The molecule has 2 aromatic rings. The standard InChI is InChI=1S/C11H12N4OS2/c12-15-10(16)9(13-14-11(15)17)7-18-6-8-4-2-1-3-5-8/h1-5H,6-7,12H2,(H,14,17). The third-order valence-electron chi connectivity index (χ3n) is 2.32. The second-order valence-electron chi connectivity index (χ2n) is 3.63. The fourth-order valence-electron chi connectivity index (χ4n) is 1.38. The van der Waals surface area contributed by atoms with Crippen LogP contribution in [0, 0.1) is 4.77 Å². The van der Waals surface area contributed by atoms with E-state index in [1.807, 2.05) is 30.3 Å². The van der Waals surface area contributed by atoms with Crippen molar-refractivity contribution in [1.29, 1.82) is 0 Å². The van der Waals surface area contributed by atoms with E-state index in [0.29, 0.717) is 11.4 Å². The Hall–Kier alpha value is -1.60. The first-order chi connectivity index (χ1) is 8.68. The molecule has 0 atom stereocenters. The number of aromatic amines is 1. The van der Waals surface area contributed by atoms with Crippen molar-refractivity contribution in [2.24, 2.45) is 0 Å². The van der Waals surface area contributed by atoms with Gasteiger partial charge in [-0.3, -0.25) is 9.89 Å². The maximum Gasteiger partial charge on any atom is 0.295 e. The van der Waals surface area contributed by atoms with Crippen LogP contribution >= 0.6 is 24.0 Å². The highest BCUT2D eigenvalue weighted by Crippen LogP contribution is 2.14. The van der Waals surface area contributed by atoms with Gasteiger partial charge in [0.1, 0.15) is 5.69 Å². The molecule has 0 radical (unpaired) electrons. The number of nitrogens with zero attached hydrogens (tertiary/aromatic N) is 2. The maximum atomic E-state index is 11.7. The van der Waals surface area contributed by atoms with E-state index in [2.05, 4.69) is 10.2 Å². The molecule has 0 spiro atoms. The van der Waals surface area contributed by atoms with Crippen LogP contribution in [-0.2, 0) is 11.5 Å². The van der Waals surface area contributed by atoms with E-state index < -0.39 is 0 Å². The second-order valence-corrected chi connectivity index (χ2v) is 5.00. The second kappa shape index (κ2) is 5.83. The van der Waals surface area contributed by atoms with Crippen LogP contribution < -0.4 is 11.4 Å². The van der Waals surface area contributed by atoms with Gasteiger partial charge in [-0.25, -0.2) is 0 Å². The Morgan fingerprint density at radius 3 is 2.78 bits per heavy atom. The van der Waals surface area contributed by atoms with Crippen molar-refractivity contribution in [3.8, 4) is 0 Å². The maximum absolute atomic E-state index is 11.7. The highest BCUT2D eigenvalue weighted by Gasteiger charge is 2.05. The zero-order valence-electron chi connectivity index (χ0n) is 9.50. The average molecular weight is 280 g/mol. The minimum absolute atomic E-state index is 0.122. The SMILES string of the molecule is Nn1c(=S)[nH]nc(CSCc2ccccc2)c1=O. The molecule has 1 aromatic heterocycles. The summed E-state index contributed by atoms with van der Waals surface area (Å²) in [6, 6.07) is 10.0. The van der Waals surface area contributed by atoms with E-state index in [9.17, 15) is 4.79 Å². The van der Waals surface area contributed by atoms with Gasteiger partial charge < -0.3 is 5.84 Å². The van der Waals surface area contributed by atoms with E-state index in [1.54, 1.807) is 11.8 Å². The molecule has 0 aliphatic heterocycles. The number of hydrogen-bond acceptors (Lipinski definition) is 5. The first kappa shape index (κ1) is 12.8. The first-order valence-electron chi connectivity index (χ1n) is 5.26. The van der Waals surface area contributed by atoms with Crippen molar-refractivity contribution in [2.75, 3.05) is 5.84 Å². The third kappa shape index (κ3) is 2.99. The predicted octanol–water partition coefficient (Wildman–Crippen LogP) is 1.45. The number of H-pyrrole nitrogens is 1. The highest BCUT2D eigenvalue weighted by atomic mass is 32.2. The Bertz CT molecular complexity index is 635. The van der Waals surface area contributed by atoms with Crippen LogP contribution in [0.5, 0.6) is 0 Å². The molecular formula is C11H12N4OS2. The van der Waals surface area contributed by atoms with Crippen LogP contribution in [0.15, 0.2) is 35.1 Å². The van der Waals surface area contributed by atoms with Crippen molar-refractivity contribution >= 4 is 24.0 Å². The Morgan fingerprint density at radius 2 is 2.06 bits per heavy atom. The van der Waals surface area contributed by atoms with Crippen LogP contribution in [0.25, 0.3) is 0 Å². The molecule has 1 aromatic carbocycles. The average Bonchev–Trinajstić information content (AvgIpc) is 2.40. The lowest BCUT2D eigenvalue weighted by Crippen LogP contribution is -2.32. The molecule has 3 N–H and O–H groups in total.